The summed E-state index contributed by atoms with van der Waals surface area (Å²) in [5.74, 6) is 1.92. The number of hydrogen-bond acceptors (Lipinski definition) is 5. The fourth-order valence-corrected chi connectivity index (χ4v) is 4.16. The maximum Gasteiger partial charge on any atom is 0.212 e. The van der Waals surface area contributed by atoms with Gasteiger partial charge in [-0.15, -0.1) is 10.2 Å². The molecule has 0 aliphatic rings. The highest BCUT2D eigenvalue weighted by atomic mass is 79.9. The molecule has 30 heavy (non-hydrogen) atoms. The Kier molecular flexibility index (Phi) is 8.10. The summed E-state index contributed by atoms with van der Waals surface area (Å²) in [6, 6.07) is 16.8. The molecule has 0 saturated carbocycles. The third kappa shape index (κ3) is 5.73. The van der Waals surface area contributed by atoms with Crippen LogP contribution in [-0.2, 0) is 5.75 Å². The average molecular weight is 486 g/mol. The van der Waals surface area contributed by atoms with E-state index in [1.54, 1.807) is 11.8 Å². The van der Waals surface area contributed by atoms with Gasteiger partial charge in [0.05, 0.1) is 6.21 Å². The number of anilines is 1. The number of thioether (sulfide) groups is 1. The summed E-state index contributed by atoms with van der Waals surface area (Å²) in [6.45, 7) is 10.6. The average Bonchev–Trinajstić information content (AvgIpc) is 3.17. The maximum atomic E-state index is 4.72. The van der Waals surface area contributed by atoms with Crippen LogP contribution >= 0.6 is 27.7 Å². The molecule has 0 fully saturated rings. The van der Waals surface area contributed by atoms with E-state index in [4.69, 9.17) is 5.10 Å². The first kappa shape index (κ1) is 22.6. The first-order valence-electron chi connectivity index (χ1n) is 10.2. The Morgan fingerprint density at radius 3 is 2.30 bits per heavy atom. The van der Waals surface area contributed by atoms with Gasteiger partial charge in [0.15, 0.2) is 5.82 Å². The number of hydrogen-bond donors (Lipinski definition) is 0. The summed E-state index contributed by atoms with van der Waals surface area (Å²) in [7, 11) is 0. The Balaban J connectivity index is 1.78. The number of rotatable bonds is 9. The van der Waals surface area contributed by atoms with Crippen LogP contribution in [-0.4, -0.2) is 34.2 Å². The Labute approximate surface area is 191 Å². The highest BCUT2D eigenvalue weighted by Crippen LogP contribution is 2.25. The van der Waals surface area contributed by atoms with E-state index in [0.29, 0.717) is 0 Å². The van der Waals surface area contributed by atoms with Crippen LogP contribution in [0.5, 0.6) is 0 Å². The molecule has 0 aliphatic carbocycles. The molecule has 5 nitrogen and oxygen atoms in total. The van der Waals surface area contributed by atoms with Crippen molar-refractivity contribution in [3.63, 3.8) is 0 Å². The van der Waals surface area contributed by atoms with Crippen LogP contribution in [0.25, 0.3) is 0 Å². The van der Waals surface area contributed by atoms with Crippen LogP contribution in [0.4, 0.5) is 5.69 Å². The smallest absolute Gasteiger partial charge is 0.212 e. The first-order chi connectivity index (χ1) is 14.5. The van der Waals surface area contributed by atoms with Crippen molar-refractivity contribution in [3.05, 3.63) is 70.0 Å². The molecule has 0 aliphatic heterocycles. The predicted molar refractivity (Wildman–Crippen MR) is 131 cm³/mol. The Morgan fingerprint density at radius 2 is 1.70 bits per heavy atom. The summed E-state index contributed by atoms with van der Waals surface area (Å²) in [5.41, 5.74) is 3.52. The van der Waals surface area contributed by atoms with Crippen molar-refractivity contribution in [2.24, 2.45) is 5.10 Å². The molecule has 158 valence electrons. The molecular formula is C23H28BrN5S. The van der Waals surface area contributed by atoms with Gasteiger partial charge in [-0.05, 0) is 49.2 Å². The van der Waals surface area contributed by atoms with Crippen molar-refractivity contribution in [1.82, 2.24) is 14.9 Å². The number of nitrogens with zero attached hydrogens (tertiary/aromatic N) is 5. The second-order valence-electron chi connectivity index (χ2n) is 7.23. The Morgan fingerprint density at radius 1 is 1.03 bits per heavy atom. The molecular weight excluding hydrogens is 458 g/mol. The molecule has 7 heteroatoms. The van der Waals surface area contributed by atoms with Gasteiger partial charge in [-0.1, -0.05) is 65.8 Å². The van der Waals surface area contributed by atoms with Crippen molar-refractivity contribution in [2.75, 3.05) is 18.0 Å². The summed E-state index contributed by atoms with van der Waals surface area (Å²) >= 11 is 5.13. The zero-order valence-corrected chi connectivity index (χ0v) is 20.3. The zero-order chi connectivity index (χ0) is 21.5. The number of halogens is 1. The molecule has 0 amide bonds. The van der Waals surface area contributed by atoms with Gasteiger partial charge in [0.25, 0.3) is 0 Å². The van der Waals surface area contributed by atoms with Crippen LogP contribution in [0, 0.1) is 0 Å². The molecule has 3 aromatic rings. The van der Waals surface area contributed by atoms with Gasteiger partial charge in [-0.2, -0.15) is 9.78 Å². The first-order valence-corrected chi connectivity index (χ1v) is 12.0. The summed E-state index contributed by atoms with van der Waals surface area (Å²) < 4.78 is 2.95. The molecule has 0 spiro atoms. The Bertz CT molecular complexity index is 960. The second-order valence-corrected chi connectivity index (χ2v) is 9.09. The van der Waals surface area contributed by atoms with Crippen molar-refractivity contribution in [1.29, 1.82) is 0 Å². The largest absolute Gasteiger partial charge is 0.372 e. The van der Waals surface area contributed by atoms with Crippen LogP contribution in [0.3, 0.4) is 0 Å². The van der Waals surface area contributed by atoms with Crippen molar-refractivity contribution >= 4 is 39.6 Å². The highest BCUT2D eigenvalue weighted by molar-refractivity contribution is 9.10. The van der Waals surface area contributed by atoms with Crippen LogP contribution in [0.2, 0.25) is 0 Å². The SMILES string of the molecule is CCN(CC)c1ccc(/C=N/n2c(SCc3ccc(Br)cc3)nnc2C(C)C)cc1. The second kappa shape index (κ2) is 10.8. The number of benzene rings is 2. The molecule has 0 bridgehead atoms. The molecule has 1 aromatic heterocycles. The fourth-order valence-electron chi connectivity index (χ4n) is 3.05. The minimum absolute atomic E-state index is 0.238. The lowest BCUT2D eigenvalue weighted by Crippen LogP contribution is -2.21. The van der Waals surface area contributed by atoms with Crippen LogP contribution < -0.4 is 4.90 Å². The standard InChI is InChI=1S/C23H28BrN5S/c1-5-28(6-2)21-13-9-18(10-14-21)15-25-29-22(17(3)4)26-27-23(29)30-16-19-7-11-20(24)12-8-19/h7-15,17H,5-6,16H2,1-4H3/b25-15+. The molecule has 0 unspecified atom stereocenters. The third-order valence-corrected chi connectivity index (χ3v) is 6.30. The van der Waals surface area contributed by atoms with Crippen molar-refractivity contribution in [3.8, 4) is 0 Å². The summed E-state index contributed by atoms with van der Waals surface area (Å²) in [6.07, 6.45) is 1.88. The van der Waals surface area contributed by atoms with E-state index in [1.807, 2.05) is 10.9 Å². The summed E-state index contributed by atoms with van der Waals surface area (Å²) in [4.78, 5) is 2.33. The van der Waals surface area contributed by atoms with Gasteiger partial charge in [-0.3, -0.25) is 0 Å². The quantitative estimate of drug-likeness (QED) is 0.268. The minimum Gasteiger partial charge on any atom is -0.372 e. The van der Waals surface area contributed by atoms with E-state index < -0.39 is 0 Å². The lowest BCUT2D eigenvalue weighted by Gasteiger charge is -2.20. The lowest BCUT2D eigenvalue weighted by molar-refractivity contribution is 0.667. The molecule has 2 aromatic carbocycles. The molecule has 3 rings (SSSR count). The van der Waals surface area contributed by atoms with Crippen molar-refractivity contribution < 1.29 is 0 Å². The molecule has 0 N–H and O–H groups in total. The van der Waals surface area contributed by atoms with E-state index in [2.05, 4.69) is 107 Å². The zero-order valence-electron chi connectivity index (χ0n) is 17.9. The van der Waals surface area contributed by atoms with E-state index in [0.717, 1.165) is 39.9 Å². The normalized spacial score (nSPS) is 11.5. The number of aromatic nitrogens is 3. The van der Waals surface area contributed by atoms with Crippen molar-refractivity contribution in [2.45, 2.75) is 44.5 Å². The predicted octanol–water partition coefficient (Wildman–Crippen LogP) is 6.18. The van der Waals surface area contributed by atoms with Crippen LogP contribution in [0.15, 0.2) is 63.3 Å². The highest BCUT2D eigenvalue weighted by Gasteiger charge is 2.15. The van der Waals surface area contributed by atoms with Gasteiger partial charge in [0, 0.05) is 34.9 Å². The van der Waals surface area contributed by atoms with E-state index in [1.165, 1.54) is 11.3 Å². The maximum absolute atomic E-state index is 4.72. The molecule has 0 atom stereocenters. The van der Waals surface area contributed by atoms with Gasteiger partial charge in [0.1, 0.15) is 0 Å². The lowest BCUT2D eigenvalue weighted by atomic mass is 10.2. The Hall–Kier alpha value is -2.12. The molecule has 0 radical (unpaired) electrons. The van der Waals surface area contributed by atoms with E-state index in [-0.39, 0.29) is 5.92 Å². The van der Waals surface area contributed by atoms with E-state index >= 15 is 0 Å². The van der Waals surface area contributed by atoms with Gasteiger partial charge in [0.2, 0.25) is 5.16 Å². The molecule has 0 saturated heterocycles. The van der Waals surface area contributed by atoms with Gasteiger partial charge in [-0.25, -0.2) is 0 Å². The topological polar surface area (TPSA) is 46.3 Å². The third-order valence-electron chi connectivity index (χ3n) is 4.78. The monoisotopic (exact) mass is 485 g/mol. The molecule has 1 heterocycles. The van der Waals surface area contributed by atoms with Crippen LogP contribution in [0.1, 0.15) is 50.6 Å². The van der Waals surface area contributed by atoms with E-state index in [9.17, 15) is 0 Å². The van der Waals surface area contributed by atoms with Gasteiger partial charge >= 0.3 is 0 Å². The van der Waals surface area contributed by atoms with Gasteiger partial charge < -0.3 is 4.90 Å². The minimum atomic E-state index is 0.238. The fraction of sp³-hybridized carbons (Fsp3) is 0.348. The summed E-state index contributed by atoms with van der Waals surface area (Å²) in [5, 5.41) is 14.3.